The summed E-state index contributed by atoms with van der Waals surface area (Å²) in [7, 11) is 1.65. The van der Waals surface area contributed by atoms with Crippen molar-refractivity contribution >= 4 is 11.6 Å². The highest BCUT2D eigenvalue weighted by Gasteiger charge is 2.24. The Labute approximate surface area is 198 Å². The zero-order chi connectivity index (χ0) is 23.8. The predicted molar refractivity (Wildman–Crippen MR) is 133 cm³/mol. The minimum atomic E-state index is -0.450. The molecule has 0 aliphatic heterocycles. The van der Waals surface area contributed by atoms with Crippen molar-refractivity contribution in [3.05, 3.63) is 88.9 Å². The summed E-state index contributed by atoms with van der Waals surface area (Å²) >= 11 is 0. The smallest absolute Gasteiger partial charge is 0.263 e. The SMILES string of the molecule is CC(C)n1ccnc1-c1cccc(NC(=O)c2cc(-c3ccc(C4CC4)nc3)cn(C)c2=O)c1. The van der Waals surface area contributed by atoms with Gasteiger partial charge < -0.3 is 14.5 Å². The molecule has 1 aliphatic carbocycles. The molecule has 0 atom stereocenters. The Balaban J connectivity index is 1.43. The predicted octanol–water partition coefficient (Wildman–Crippen LogP) is 5.02. The average Bonchev–Trinajstić information content (AvgIpc) is 3.56. The van der Waals surface area contributed by atoms with E-state index in [1.165, 1.54) is 17.4 Å². The lowest BCUT2D eigenvalue weighted by atomic mass is 10.1. The molecule has 3 aromatic heterocycles. The van der Waals surface area contributed by atoms with Gasteiger partial charge >= 0.3 is 0 Å². The van der Waals surface area contributed by atoms with E-state index in [9.17, 15) is 9.59 Å². The number of amides is 1. The number of hydrogen-bond donors (Lipinski definition) is 1. The van der Waals surface area contributed by atoms with Crippen molar-refractivity contribution in [1.82, 2.24) is 19.1 Å². The van der Waals surface area contributed by atoms with Crippen LogP contribution in [0.2, 0.25) is 0 Å². The zero-order valence-electron chi connectivity index (χ0n) is 19.5. The molecule has 1 amide bonds. The van der Waals surface area contributed by atoms with Gasteiger partial charge in [0.15, 0.2) is 0 Å². The number of imidazole rings is 1. The number of hydrogen-bond acceptors (Lipinski definition) is 4. The summed E-state index contributed by atoms with van der Waals surface area (Å²) in [5.41, 5.74) is 3.97. The lowest BCUT2D eigenvalue weighted by molar-refractivity contribution is 0.102. The maximum absolute atomic E-state index is 13.1. The van der Waals surface area contributed by atoms with Gasteiger partial charge in [0, 0.05) is 71.9 Å². The van der Waals surface area contributed by atoms with E-state index in [1.54, 1.807) is 31.6 Å². The Morgan fingerprint density at radius 3 is 2.59 bits per heavy atom. The molecule has 5 rings (SSSR count). The van der Waals surface area contributed by atoms with Gasteiger partial charge in [-0.2, -0.15) is 0 Å². The van der Waals surface area contributed by atoms with Gasteiger partial charge in [0.2, 0.25) is 0 Å². The number of carbonyl (C=O) groups excluding carboxylic acids is 1. The van der Waals surface area contributed by atoms with Crippen LogP contribution < -0.4 is 10.9 Å². The minimum Gasteiger partial charge on any atom is -0.328 e. The van der Waals surface area contributed by atoms with Crippen molar-refractivity contribution in [1.29, 1.82) is 0 Å². The molecule has 0 unspecified atom stereocenters. The summed E-state index contributed by atoms with van der Waals surface area (Å²) in [6.07, 6.45) is 9.64. The maximum Gasteiger partial charge on any atom is 0.263 e. The molecular weight excluding hydrogens is 426 g/mol. The molecule has 1 N–H and O–H groups in total. The molecule has 1 aliphatic rings. The normalized spacial score (nSPS) is 13.3. The van der Waals surface area contributed by atoms with E-state index < -0.39 is 5.91 Å². The first-order valence-electron chi connectivity index (χ1n) is 11.5. The summed E-state index contributed by atoms with van der Waals surface area (Å²) in [4.78, 5) is 35.0. The van der Waals surface area contributed by atoms with Crippen molar-refractivity contribution in [2.24, 2.45) is 7.05 Å². The Kier molecular flexibility index (Phi) is 5.61. The molecule has 172 valence electrons. The van der Waals surface area contributed by atoms with Gasteiger partial charge in [0.1, 0.15) is 11.4 Å². The third-order valence-electron chi connectivity index (χ3n) is 6.15. The van der Waals surface area contributed by atoms with Gasteiger partial charge in [-0.15, -0.1) is 0 Å². The van der Waals surface area contributed by atoms with E-state index in [2.05, 4.69) is 33.7 Å². The maximum atomic E-state index is 13.1. The van der Waals surface area contributed by atoms with E-state index in [4.69, 9.17) is 0 Å². The van der Waals surface area contributed by atoms with Gasteiger partial charge in [0.25, 0.3) is 11.5 Å². The quantitative estimate of drug-likeness (QED) is 0.444. The Morgan fingerprint density at radius 1 is 1.06 bits per heavy atom. The molecular formula is C27H27N5O2. The van der Waals surface area contributed by atoms with Crippen LogP contribution in [0, 0.1) is 0 Å². The highest BCUT2D eigenvalue weighted by Crippen LogP contribution is 2.39. The van der Waals surface area contributed by atoms with Crippen LogP contribution in [-0.4, -0.2) is 25.0 Å². The second kappa shape index (κ2) is 8.74. The van der Waals surface area contributed by atoms with Gasteiger partial charge in [-0.25, -0.2) is 4.98 Å². The number of aromatic nitrogens is 4. The second-order valence-corrected chi connectivity index (χ2v) is 9.09. The Hall–Kier alpha value is -4.00. The lowest BCUT2D eigenvalue weighted by Gasteiger charge is -2.13. The van der Waals surface area contributed by atoms with Gasteiger partial charge in [-0.3, -0.25) is 14.6 Å². The van der Waals surface area contributed by atoms with Gasteiger partial charge in [-0.05, 0) is 51.0 Å². The molecule has 34 heavy (non-hydrogen) atoms. The van der Waals surface area contributed by atoms with Crippen molar-refractivity contribution in [3.63, 3.8) is 0 Å². The molecule has 4 aromatic rings. The number of rotatable bonds is 6. The van der Waals surface area contributed by atoms with E-state index in [-0.39, 0.29) is 17.2 Å². The van der Waals surface area contributed by atoms with Crippen LogP contribution in [-0.2, 0) is 7.05 Å². The highest BCUT2D eigenvalue weighted by molar-refractivity contribution is 6.04. The molecule has 1 fully saturated rings. The lowest BCUT2D eigenvalue weighted by Crippen LogP contribution is -2.27. The number of benzene rings is 1. The van der Waals surface area contributed by atoms with Crippen LogP contribution in [0.3, 0.4) is 0 Å². The van der Waals surface area contributed by atoms with E-state index >= 15 is 0 Å². The monoisotopic (exact) mass is 453 g/mol. The molecule has 0 saturated heterocycles. The largest absolute Gasteiger partial charge is 0.328 e. The summed E-state index contributed by atoms with van der Waals surface area (Å²) in [6.45, 7) is 4.18. The molecule has 0 radical (unpaired) electrons. The van der Waals surface area contributed by atoms with Crippen LogP contribution in [0.25, 0.3) is 22.5 Å². The van der Waals surface area contributed by atoms with Gasteiger partial charge in [0.05, 0.1) is 0 Å². The van der Waals surface area contributed by atoms with Crippen LogP contribution >= 0.6 is 0 Å². The average molecular weight is 454 g/mol. The summed E-state index contributed by atoms with van der Waals surface area (Å²) in [6, 6.07) is 13.4. The number of anilines is 1. The molecule has 0 bridgehead atoms. The number of carbonyl (C=O) groups is 1. The molecule has 3 heterocycles. The Morgan fingerprint density at radius 2 is 1.88 bits per heavy atom. The second-order valence-electron chi connectivity index (χ2n) is 9.09. The fraction of sp³-hybridized carbons (Fsp3) is 0.259. The third-order valence-corrected chi connectivity index (χ3v) is 6.15. The summed E-state index contributed by atoms with van der Waals surface area (Å²) in [5, 5.41) is 2.88. The third kappa shape index (κ3) is 4.29. The number of aryl methyl sites for hydroxylation is 1. The van der Waals surface area contributed by atoms with E-state index in [1.807, 2.05) is 42.7 Å². The van der Waals surface area contributed by atoms with Crippen molar-refractivity contribution in [2.75, 3.05) is 5.32 Å². The van der Waals surface area contributed by atoms with Gasteiger partial charge in [-0.1, -0.05) is 18.2 Å². The number of pyridine rings is 2. The van der Waals surface area contributed by atoms with Crippen molar-refractivity contribution in [3.8, 4) is 22.5 Å². The number of nitrogens with zero attached hydrogens (tertiary/aromatic N) is 4. The van der Waals surface area contributed by atoms with Crippen molar-refractivity contribution < 1.29 is 4.79 Å². The number of nitrogens with one attached hydrogen (secondary N) is 1. The molecule has 1 saturated carbocycles. The highest BCUT2D eigenvalue weighted by atomic mass is 16.2. The topological polar surface area (TPSA) is 81.8 Å². The van der Waals surface area contributed by atoms with E-state index in [0.717, 1.165) is 28.2 Å². The van der Waals surface area contributed by atoms with E-state index in [0.29, 0.717) is 11.6 Å². The fourth-order valence-electron chi connectivity index (χ4n) is 4.12. The van der Waals surface area contributed by atoms with Crippen LogP contribution in [0.15, 0.2) is 72.0 Å². The van der Waals surface area contributed by atoms with Crippen LogP contribution in [0.1, 0.15) is 54.7 Å². The fourth-order valence-corrected chi connectivity index (χ4v) is 4.12. The van der Waals surface area contributed by atoms with Crippen molar-refractivity contribution in [2.45, 2.75) is 38.6 Å². The standard InChI is InChI=1S/C27H27N5O2/c1-17(2)32-12-11-28-25(32)19-5-4-6-22(13-19)30-26(33)23-14-21(16-31(3)27(23)34)20-9-10-24(29-15-20)18-7-8-18/h4-6,9-18H,7-8H2,1-3H3,(H,30,33). The molecule has 0 spiro atoms. The molecule has 7 nitrogen and oxygen atoms in total. The minimum absolute atomic E-state index is 0.0837. The van der Waals surface area contributed by atoms with Crippen LogP contribution in [0.4, 0.5) is 5.69 Å². The molecule has 1 aromatic carbocycles. The first kappa shape index (κ1) is 21.8. The first-order chi connectivity index (χ1) is 16.4. The molecule has 7 heteroatoms. The Bertz CT molecular complexity index is 1410. The first-order valence-corrected chi connectivity index (χ1v) is 11.5. The van der Waals surface area contributed by atoms with Crippen LogP contribution in [0.5, 0.6) is 0 Å². The summed E-state index contributed by atoms with van der Waals surface area (Å²) < 4.78 is 3.51. The summed E-state index contributed by atoms with van der Waals surface area (Å²) in [5.74, 6) is 0.949. The zero-order valence-corrected chi connectivity index (χ0v) is 19.5.